The van der Waals surface area contributed by atoms with Gasteiger partial charge in [0.25, 0.3) is 0 Å². The second kappa shape index (κ2) is 7.06. The summed E-state index contributed by atoms with van der Waals surface area (Å²) >= 11 is 6.68. The molecule has 0 aromatic heterocycles. The monoisotopic (exact) mass is 368 g/mol. The number of oxime groups is 1. The first-order valence-corrected chi connectivity index (χ1v) is 8.58. The van der Waals surface area contributed by atoms with Crippen LogP contribution in [0.1, 0.15) is 5.56 Å². The summed E-state index contributed by atoms with van der Waals surface area (Å²) in [6.45, 7) is 0. The van der Waals surface area contributed by atoms with Crippen molar-refractivity contribution in [1.29, 1.82) is 0 Å². The number of thioether (sulfide) groups is 1. The second-order valence-corrected chi connectivity index (χ2v) is 6.64. The Kier molecular flexibility index (Phi) is 5.39. The van der Waals surface area contributed by atoms with E-state index in [0.29, 0.717) is 0 Å². The molecule has 0 aliphatic carbocycles. The van der Waals surface area contributed by atoms with E-state index < -0.39 is 0 Å². The minimum absolute atomic E-state index is 0.129. The summed E-state index contributed by atoms with van der Waals surface area (Å²) in [6.07, 6.45) is 1.97. The summed E-state index contributed by atoms with van der Waals surface area (Å²) in [4.78, 5) is 3.02. The highest BCUT2D eigenvalue weighted by atomic mass is 79.9. The zero-order valence-electron chi connectivity index (χ0n) is 10.7. The molecule has 0 bridgehead atoms. The van der Waals surface area contributed by atoms with Crippen molar-refractivity contribution < 1.29 is 5.21 Å². The summed E-state index contributed by atoms with van der Waals surface area (Å²) in [6, 6.07) is 13.9. The number of hydrogen-bond acceptors (Lipinski definition) is 4. The molecular formula is C14H13BrN2OS2. The number of nitrogens with two attached hydrogens (primary N) is 1. The van der Waals surface area contributed by atoms with Gasteiger partial charge in [-0.1, -0.05) is 35.1 Å². The third kappa shape index (κ3) is 3.31. The van der Waals surface area contributed by atoms with E-state index in [1.807, 2.05) is 48.7 Å². The Balaban J connectivity index is 2.49. The molecule has 2 aromatic rings. The number of halogens is 1. The molecule has 0 heterocycles. The van der Waals surface area contributed by atoms with Crippen LogP contribution >= 0.6 is 39.5 Å². The van der Waals surface area contributed by atoms with Crippen LogP contribution < -0.4 is 5.73 Å². The largest absolute Gasteiger partial charge is 0.409 e. The summed E-state index contributed by atoms with van der Waals surface area (Å²) < 4.78 is 1.02. The molecule has 20 heavy (non-hydrogen) atoms. The van der Waals surface area contributed by atoms with Gasteiger partial charge in [0.1, 0.15) is 0 Å². The van der Waals surface area contributed by atoms with E-state index in [2.05, 4.69) is 21.1 Å². The van der Waals surface area contributed by atoms with E-state index in [9.17, 15) is 0 Å². The Morgan fingerprint density at radius 2 is 1.75 bits per heavy atom. The Morgan fingerprint density at radius 3 is 2.40 bits per heavy atom. The smallest absolute Gasteiger partial charge is 0.172 e. The van der Waals surface area contributed by atoms with Crippen LogP contribution in [0, 0.1) is 0 Å². The van der Waals surface area contributed by atoms with Crippen LogP contribution in [0.5, 0.6) is 0 Å². The van der Waals surface area contributed by atoms with Crippen molar-refractivity contribution in [2.24, 2.45) is 10.9 Å². The third-order valence-electron chi connectivity index (χ3n) is 2.63. The van der Waals surface area contributed by atoms with Crippen LogP contribution in [-0.4, -0.2) is 17.3 Å². The maximum absolute atomic E-state index is 8.99. The van der Waals surface area contributed by atoms with Gasteiger partial charge in [0, 0.05) is 24.7 Å². The normalized spacial score (nSPS) is 11.6. The van der Waals surface area contributed by atoms with Gasteiger partial charge < -0.3 is 10.9 Å². The first kappa shape index (κ1) is 15.3. The highest BCUT2D eigenvalue weighted by Gasteiger charge is 2.14. The molecule has 0 radical (unpaired) electrons. The Labute approximate surface area is 134 Å². The van der Waals surface area contributed by atoms with E-state index in [0.717, 1.165) is 24.7 Å². The van der Waals surface area contributed by atoms with E-state index in [1.54, 1.807) is 23.5 Å². The van der Waals surface area contributed by atoms with Crippen LogP contribution in [0.2, 0.25) is 0 Å². The molecule has 0 saturated carbocycles. The number of nitrogens with zero attached hydrogens (tertiary/aromatic N) is 1. The molecule has 6 heteroatoms. The van der Waals surface area contributed by atoms with Crippen molar-refractivity contribution in [3.63, 3.8) is 0 Å². The lowest BCUT2D eigenvalue weighted by molar-refractivity contribution is 0.318. The van der Waals surface area contributed by atoms with Gasteiger partial charge >= 0.3 is 0 Å². The van der Waals surface area contributed by atoms with E-state index in [-0.39, 0.29) is 5.84 Å². The molecule has 0 unspecified atom stereocenters. The summed E-state index contributed by atoms with van der Waals surface area (Å²) in [5, 5.41) is 12.1. The molecule has 3 N–H and O–H groups in total. The average Bonchev–Trinajstić information content (AvgIpc) is 2.48. The van der Waals surface area contributed by atoms with Gasteiger partial charge in [0.05, 0.1) is 0 Å². The average molecular weight is 369 g/mol. The summed E-state index contributed by atoms with van der Waals surface area (Å²) in [5.41, 5.74) is 6.59. The molecular weight excluding hydrogens is 356 g/mol. The molecule has 0 atom stereocenters. The Hall–Kier alpha value is -1.11. The first-order valence-electron chi connectivity index (χ1n) is 5.74. The van der Waals surface area contributed by atoms with Crippen molar-refractivity contribution in [3.05, 3.63) is 52.5 Å². The van der Waals surface area contributed by atoms with Crippen LogP contribution in [0.3, 0.4) is 0 Å². The SMILES string of the molecule is CSc1cccc(Sc2ccccc2Br)c1/C(N)=N/O. The molecule has 0 fully saturated rings. The van der Waals surface area contributed by atoms with E-state index in [4.69, 9.17) is 10.9 Å². The fourth-order valence-electron chi connectivity index (χ4n) is 1.71. The third-order valence-corrected chi connectivity index (χ3v) is 5.50. The van der Waals surface area contributed by atoms with Crippen molar-refractivity contribution >= 4 is 45.3 Å². The van der Waals surface area contributed by atoms with Gasteiger partial charge in [0.2, 0.25) is 0 Å². The van der Waals surface area contributed by atoms with Crippen molar-refractivity contribution in [2.75, 3.05) is 6.26 Å². The number of benzene rings is 2. The van der Waals surface area contributed by atoms with Crippen LogP contribution in [-0.2, 0) is 0 Å². The van der Waals surface area contributed by atoms with Gasteiger partial charge in [-0.2, -0.15) is 0 Å². The maximum atomic E-state index is 8.99. The molecule has 0 spiro atoms. The summed E-state index contributed by atoms with van der Waals surface area (Å²) in [5.74, 6) is 0.129. The minimum atomic E-state index is 0.129. The lowest BCUT2D eigenvalue weighted by Gasteiger charge is -2.12. The quantitative estimate of drug-likeness (QED) is 0.275. The highest BCUT2D eigenvalue weighted by molar-refractivity contribution is 9.10. The number of rotatable bonds is 4. The van der Waals surface area contributed by atoms with Gasteiger partial charge in [-0.05, 0) is 46.5 Å². The van der Waals surface area contributed by atoms with Gasteiger partial charge in [-0.15, -0.1) is 11.8 Å². The zero-order chi connectivity index (χ0) is 14.5. The van der Waals surface area contributed by atoms with Crippen LogP contribution in [0.15, 0.2) is 66.8 Å². The standard InChI is InChI=1S/C14H13BrN2OS2/c1-19-11-7-4-8-12(13(11)14(16)17-18)20-10-6-3-2-5-9(10)15/h2-8,18H,1H3,(H2,16,17). The van der Waals surface area contributed by atoms with Crippen molar-refractivity contribution in [3.8, 4) is 0 Å². The van der Waals surface area contributed by atoms with Crippen molar-refractivity contribution in [2.45, 2.75) is 14.7 Å². The molecule has 0 amide bonds. The fraction of sp³-hybridized carbons (Fsp3) is 0.0714. The minimum Gasteiger partial charge on any atom is -0.409 e. The lowest BCUT2D eigenvalue weighted by Crippen LogP contribution is -2.15. The molecule has 104 valence electrons. The fourth-order valence-corrected chi connectivity index (χ4v) is 3.95. The van der Waals surface area contributed by atoms with E-state index in [1.165, 1.54) is 0 Å². The van der Waals surface area contributed by atoms with Crippen LogP contribution in [0.4, 0.5) is 0 Å². The zero-order valence-corrected chi connectivity index (χ0v) is 13.9. The topological polar surface area (TPSA) is 58.6 Å². The van der Waals surface area contributed by atoms with Gasteiger partial charge in [0.15, 0.2) is 5.84 Å². The molecule has 2 rings (SSSR count). The number of hydrogen-bond donors (Lipinski definition) is 2. The molecule has 0 aliphatic heterocycles. The predicted octanol–water partition coefficient (Wildman–Crippen LogP) is 4.42. The molecule has 3 nitrogen and oxygen atoms in total. The molecule has 2 aromatic carbocycles. The second-order valence-electron chi connectivity index (χ2n) is 3.85. The van der Waals surface area contributed by atoms with Gasteiger partial charge in [-0.3, -0.25) is 0 Å². The molecule has 0 saturated heterocycles. The number of amidine groups is 1. The van der Waals surface area contributed by atoms with Gasteiger partial charge in [-0.25, -0.2) is 0 Å². The van der Waals surface area contributed by atoms with Crippen molar-refractivity contribution in [1.82, 2.24) is 0 Å². The molecule has 0 aliphatic rings. The predicted molar refractivity (Wildman–Crippen MR) is 89.0 cm³/mol. The first-order chi connectivity index (χ1) is 9.67. The van der Waals surface area contributed by atoms with Crippen LogP contribution in [0.25, 0.3) is 0 Å². The van der Waals surface area contributed by atoms with E-state index >= 15 is 0 Å². The Morgan fingerprint density at radius 1 is 1.10 bits per heavy atom. The Bertz CT molecular complexity index is 647. The lowest BCUT2D eigenvalue weighted by atomic mass is 10.2. The maximum Gasteiger partial charge on any atom is 0.172 e. The highest BCUT2D eigenvalue weighted by Crippen LogP contribution is 2.37. The summed E-state index contributed by atoms with van der Waals surface area (Å²) in [7, 11) is 0.